The van der Waals surface area contributed by atoms with Gasteiger partial charge < -0.3 is 9.84 Å². The van der Waals surface area contributed by atoms with Crippen LogP contribution >= 0.6 is 0 Å². The number of piperidine rings is 1. The zero-order valence-electron chi connectivity index (χ0n) is 16.8. The number of hydrogen-bond donors (Lipinski definition) is 1. The Balaban J connectivity index is 2.19. The van der Waals surface area contributed by atoms with Crippen molar-refractivity contribution in [3.8, 4) is 0 Å². The molecule has 1 unspecified atom stereocenters. The van der Waals surface area contributed by atoms with Crippen LogP contribution in [0.5, 0.6) is 0 Å². The predicted molar refractivity (Wildman–Crippen MR) is 99.3 cm³/mol. The van der Waals surface area contributed by atoms with E-state index in [4.69, 9.17) is 9.84 Å². The lowest BCUT2D eigenvalue weighted by Crippen LogP contribution is -2.60. The second-order valence-electron chi connectivity index (χ2n) is 8.55. The van der Waals surface area contributed by atoms with Gasteiger partial charge in [-0.15, -0.1) is 0 Å². The van der Waals surface area contributed by atoms with Crippen molar-refractivity contribution in [3.05, 3.63) is 0 Å². The number of carboxylic acids is 1. The summed E-state index contributed by atoms with van der Waals surface area (Å²) in [5.74, 6) is -0.819. The number of unbranched alkanes of at least 4 members (excludes halogenated alkanes) is 5. The van der Waals surface area contributed by atoms with Gasteiger partial charge in [-0.1, -0.05) is 39.5 Å². The van der Waals surface area contributed by atoms with Crippen LogP contribution < -0.4 is 0 Å². The van der Waals surface area contributed by atoms with E-state index in [1.165, 1.54) is 0 Å². The summed E-state index contributed by atoms with van der Waals surface area (Å²) in [6.45, 7) is 8.99. The van der Waals surface area contributed by atoms with Crippen molar-refractivity contribution in [1.29, 1.82) is 0 Å². The lowest BCUT2D eigenvalue weighted by molar-refractivity contribution is -0.182. The van der Waals surface area contributed by atoms with Crippen molar-refractivity contribution in [2.45, 2.75) is 104 Å². The van der Waals surface area contributed by atoms with E-state index in [9.17, 15) is 9.59 Å². The van der Waals surface area contributed by atoms with Crippen LogP contribution in [0.4, 0.5) is 0 Å². The molecule has 0 amide bonds. The Bertz CT molecular complexity index is 445. The fourth-order valence-corrected chi connectivity index (χ4v) is 3.42. The van der Waals surface area contributed by atoms with Gasteiger partial charge in [-0.2, -0.15) is 0 Å². The molecule has 5 heteroatoms. The number of carboxylic acid groups (broad SMARTS) is 1. The molecule has 1 N–H and O–H groups in total. The van der Waals surface area contributed by atoms with Gasteiger partial charge in [0.15, 0.2) is 6.23 Å². The van der Waals surface area contributed by atoms with Crippen LogP contribution in [0.3, 0.4) is 0 Å². The molecular weight excluding hydrogens is 318 g/mol. The molecular formula is C20H37NO4. The largest absolute Gasteiger partial charge is 0.481 e. The van der Waals surface area contributed by atoms with Gasteiger partial charge in [-0.3, -0.25) is 14.5 Å². The van der Waals surface area contributed by atoms with Crippen LogP contribution in [0, 0.1) is 5.41 Å². The van der Waals surface area contributed by atoms with Crippen LogP contribution in [0.25, 0.3) is 0 Å². The van der Waals surface area contributed by atoms with Crippen LogP contribution in [-0.2, 0) is 14.3 Å². The highest BCUT2D eigenvalue weighted by molar-refractivity contribution is 5.69. The number of esters is 1. The fourth-order valence-electron chi connectivity index (χ4n) is 3.42. The van der Waals surface area contributed by atoms with E-state index in [1.54, 1.807) is 0 Å². The Morgan fingerprint density at radius 2 is 1.52 bits per heavy atom. The molecule has 0 bridgehead atoms. The van der Waals surface area contributed by atoms with Gasteiger partial charge in [0.25, 0.3) is 0 Å². The molecule has 0 saturated carbocycles. The number of ether oxygens (including phenoxy) is 1. The van der Waals surface area contributed by atoms with Gasteiger partial charge in [0, 0.05) is 18.4 Å². The first-order chi connectivity index (χ1) is 11.6. The lowest BCUT2D eigenvalue weighted by Gasteiger charge is -2.54. The standard InChI is InChI=1S/C20H37NO4/c1-19(2)15-14-16(21(5)20(19,3)4)25-18(24)13-11-9-7-6-8-10-12-17(22)23/h16H,6-15H2,1-5H3,(H,22,23). The predicted octanol–water partition coefficient (Wildman–Crippen LogP) is 4.59. The molecule has 1 rings (SSSR count). The Labute approximate surface area is 153 Å². The number of carbonyl (C=O) groups excluding carboxylic acids is 1. The van der Waals surface area contributed by atoms with Crippen LogP contribution in [-0.4, -0.2) is 40.8 Å². The highest BCUT2D eigenvalue weighted by Crippen LogP contribution is 2.45. The minimum absolute atomic E-state index is 0.00779. The normalized spacial score (nSPS) is 22.5. The Kier molecular flexibility index (Phi) is 8.39. The molecule has 0 aromatic carbocycles. The minimum atomic E-state index is -0.720. The van der Waals surface area contributed by atoms with Crippen molar-refractivity contribution in [2.75, 3.05) is 7.05 Å². The summed E-state index contributed by atoms with van der Waals surface area (Å²) in [6.07, 6.45) is 8.20. The highest BCUT2D eigenvalue weighted by atomic mass is 16.6. The second kappa shape index (κ2) is 9.56. The van der Waals surface area contributed by atoms with E-state index in [0.29, 0.717) is 6.42 Å². The number of rotatable bonds is 10. The maximum absolute atomic E-state index is 12.1. The fraction of sp³-hybridized carbons (Fsp3) is 0.900. The van der Waals surface area contributed by atoms with E-state index in [0.717, 1.165) is 51.4 Å². The quantitative estimate of drug-likeness (QED) is 0.458. The van der Waals surface area contributed by atoms with Crippen molar-refractivity contribution in [2.24, 2.45) is 5.41 Å². The first kappa shape index (κ1) is 21.9. The summed E-state index contributed by atoms with van der Waals surface area (Å²) in [5, 5.41) is 8.57. The second-order valence-corrected chi connectivity index (χ2v) is 8.55. The van der Waals surface area contributed by atoms with Gasteiger partial charge in [0.2, 0.25) is 0 Å². The monoisotopic (exact) mass is 355 g/mol. The first-order valence-electron chi connectivity index (χ1n) is 9.72. The van der Waals surface area contributed by atoms with Crippen LogP contribution in [0.15, 0.2) is 0 Å². The molecule has 146 valence electrons. The van der Waals surface area contributed by atoms with Crippen molar-refractivity contribution >= 4 is 11.9 Å². The number of hydrogen-bond acceptors (Lipinski definition) is 4. The van der Waals surface area contributed by atoms with E-state index >= 15 is 0 Å². The molecule has 5 nitrogen and oxygen atoms in total. The topological polar surface area (TPSA) is 66.8 Å². The molecule has 1 atom stereocenters. The molecule has 1 aliphatic heterocycles. The molecule has 1 heterocycles. The third-order valence-corrected chi connectivity index (χ3v) is 6.28. The third kappa shape index (κ3) is 6.61. The van der Waals surface area contributed by atoms with E-state index in [-0.39, 0.29) is 29.6 Å². The molecule has 0 spiro atoms. The Hall–Kier alpha value is -1.10. The van der Waals surface area contributed by atoms with Gasteiger partial charge in [0.05, 0.1) is 0 Å². The Morgan fingerprint density at radius 1 is 1.00 bits per heavy atom. The summed E-state index contributed by atoms with van der Waals surface area (Å²) < 4.78 is 5.73. The summed E-state index contributed by atoms with van der Waals surface area (Å²) in [7, 11) is 2.05. The van der Waals surface area contributed by atoms with Crippen LogP contribution in [0.1, 0.15) is 91.9 Å². The number of likely N-dealkylation sites (tertiary alicyclic amines) is 1. The third-order valence-electron chi connectivity index (χ3n) is 6.28. The molecule has 25 heavy (non-hydrogen) atoms. The maximum Gasteiger partial charge on any atom is 0.307 e. The van der Waals surface area contributed by atoms with Gasteiger partial charge in [0.1, 0.15) is 0 Å². The zero-order chi connectivity index (χ0) is 19.1. The van der Waals surface area contributed by atoms with Crippen molar-refractivity contribution in [1.82, 2.24) is 4.90 Å². The maximum atomic E-state index is 12.1. The van der Waals surface area contributed by atoms with Gasteiger partial charge in [-0.05, 0) is 52.0 Å². The van der Waals surface area contributed by atoms with Crippen LogP contribution in [0.2, 0.25) is 0 Å². The summed E-state index contributed by atoms with van der Waals surface area (Å²) in [6, 6.07) is 0. The van der Waals surface area contributed by atoms with Gasteiger partial charge in [-0.25, -0.2) is 0 Å². The molecule has 0 radical (unpaired) electrons. The molecule has 1 fully saturated rings. The average Bonchev–Trinajstić information content (AvgIpc) is 2.51. The minimum Gasteiger partial charge on any atom is -0.481 e. The van der Waals surface area contributed by atoms with E-state index < -0.39 is 5.97 Å². The van der Waals surface area contributed by atoms with Crippen molar-refractivity contribution in [3.63, 3.8) is 0 Å². The van der Waals surface area contributed by atoms with E-state index in [1.807, 2.05) is 0 Å². The summed E-state index contributed by atoms with van der Waals surface area (Å²) >= 11 is 0. The Morgan fingerprint density at radius 3 is 2.08 bits per heavy atom. The molecule has 1 aliphatic rings. The summed E-state index contributed by atoms with van der Waals surface area (Å²) in [5.41, 5.74) is 0.192. The smallest absolute Gasteiger partial charge is 0.307 e. The number of aliphatic carboxylic acids is 1. The zero-order valence-corrected chi connectivity index (χ0v) is 16.8. The molecule has 0 aromatic heterocycles. The summed E-state index contributed by atoms with van der Waals surface area (Å²) in [4.78, 5) is 24.7. The lowest BCUT2D eigenvalue weighted by atomic mass is 9.68. The number of nitrogens with zero attached hydrogens (tertiary/aromatic N) is 1. The van der Waals surface area contributed by atoms with E-state index in [2.05, 4.69) is 39.6 Å². The number of carbonyl (C=O) groups is 2. The first-order valence-corrected chi connectivity index (χ1v) is 9.72. The average molecular weight is 356 g/mol. The molecule has 0 aliphatic carbocycles. The highest BCUT2D eigenvalue weighted by Gasteiger charge is 2.47. The molecule has 0 aromatic rings. The SMILES string of the molecule is CN1C(OC(=O)CCCCCCCCC(=O)O)CCC(C)(C)C1(C)C. The van der Waals surface area contributed by atoms with Crippen molar-refractivity contribution < 1.29 is 19.4 Å². The van der Waals surface area contributed by atoms with Gasteiger partial charge >= 0.3 is 11.9 Å². The molecule has 1 saturated heterocycles.